The summed E-state index contributed by atoms with van der Waals surface area (Å²) in [4.78, 5) is 52.9. The summed E-state index contributed by atoms with van der Waals surface area (Å²) in [6.07, 6.45) is 10.9. The van der Waals surface area contributed by atoms with Crippen LogP contribution in [-0.2, 0) is 17.8 Å². The highest BCUT2D eigenvalue weighted by Gasteiger charge is 2.40. The highest BCUT2D eigenvalue weighted by molar-refractivity contribution is 6.34. The maximum Gasteiger partial charge on any atom is 0.328 e. The minimum absolute atomic E-state index is 0.254. The first kappa shape index (κ1) is 39.3. The molecule has 61 heavy (non-hydrogen) atoms. The number of hydrogen-bond donors (Lipinski definition) is 4. The second-order valence-corrected chi connectivity index (χ2v) is 17.7. The van der Waals surface area contributed by atoms with Crippen molar-refractivity contribution in [2.45, 2.75) is 82.6 Å². The van der Waals surface area contributed by atoms with Gasteiger partial charge >= 0.3 is 6.03 Å². The molecule has 2 aliphatic carbocycles. The third kappa shape index (κ3) is 7.73. The first-order valence-corrected chi connectivity index (χ1v) is 21.8. The molecule has 1 unspecified atom stereocenters. The molecule has 3 aromatic heterocycles. The lowest BCUT2D eigenvalue weighted by molar-refractivity contribution is -0.120. The van der Waals surface area contributed by atoms with Crippen LogP contribution in [0.2, 0.25) is 5.02 Å². The fraction of sp³-hybridized carbons (Fsp3) is 0.422. The molecule has 0 bridgehead atoms. The number of carbonyl (C=O) groups is 3. The minimum Gasteiger partial charge on any atom is -0.385 e. The zero-order chi connectivity index (χ0) is 41.8. The number of urea groups is 1. The van der Waals surface area contributed by atoms with E-state index in [-0.39, 0.29) is 23.9 Å². The molecule has 4 amide bonds. The molecule has 14 nitrogen and oxygen atoms in total. The van der Waals surface area contributed by atoms with Crippen LogP contribution in [0.5, 0.6) is 0 Å². The number of alkyl halides is 1. The van der Waals surface area contributed by atoms with E-state index in [2.05, 4.69) is 66.4 Å². The molecule has 2 atom stereocenters. The molecule has 2 saturated carbocycles. The number of rotatable bonds is 10. The van der Waals surface area contributed by atoms with Crippen molar-refractivity contribution in [1.82, 2.24) is 35.1 Å². The lowest BCUT2D eigenvalue weighted by Gasteiger charge is -2.46. The smallest absolute Gasteiger partial charge is 0.328 e. The average molecular weight is 846 g/mol. The van der Waals surface area contributed by atoms with Crippen molar-refractivity contribution in [3.05, 3.63) is 88.8 Å². The number of aromatic nitrogens is 4. The van der Waals surface area contributed by atoms with Crippen molar-refractivity contribution in [1.29, 1.82) is 0 Å². The summed E-state index contributed by atoms with van der Waals surface area (Å²) in [7, 11) is 1.82. The highest BCUT2D eigenvalue weighted by atomic mass is 35.5. The third-order valence-electron chi connectivity index (χ3n) is 13.4. The van der Waals surface area contributed by atoms with E-state index >= 15 is 0 Å². The summed E-state index contributed by atoms with van der Waals surface area (Å²) in [5, 5.41) is 17.4. The number of pyridine rings is 1. The van der Waals surface area contributed by atoms with Crippen LogP contribution in [0.25, 0.3) is 16.9 Å². The number of hydrogen-bond acceptors (Lipinski definition) is 10. The molecule has 5 aliphatic rings. The van der Waals surface area contributed by atoms with Crippen LogP contribution >= 0.6 is 11.6 Å². The van der Waals surface area contributed by atoms with Gasteiger partial charge in [-0.3, -0.25) is 29.7 Å². The van der Waals surface area contributed by atoms with Crippen molar-refractivity contribution in [3.63, 3.8) is 0 Å². The van der Waals surface area contributed by atoms with E-state index < -0.39 is 18.2 Å². The number of anilines is 5. The summed E-state index contributed by atoms with van der Waals surface area (Å²) in [5.74, 6) is 0.0315. The Morgan fingerprint density at radius 3 is 2.48 bits per heavy atom. The standard InChI is InChI=1S/C45H49ClFN11O3/c1-48-36-23-40(54-58-39(25-50-42(36)58)43(60)52-35-22-33(35)47)56-17-11-31-30(3-2-4-37(31)56)34-8-5-27(24-49-34)26-55-19-15-45(16-20-55)13-9-28(10-14-45)51-29-6-7-32(46)38(21-29)57-18-12-41(59)53-44(57)61/h2-8,21,23-25,28,33,35,48,51H,9-20,22,26H2,1H3,(H,52,60)(H,53,59,61)/t33-,35?/m0/s1. The van der Waals surface area contributed by atoms with Gasteiger partial charge in [0.2, 0.25) is 5.91 Å². The Morgan fingerprint density at radius 2 is 1.74 bits per heavy atom. The summed E-state index contributed by atoms with van der Waals surface area (Å²) in [5.41, 5.74) is 8.97. The van der Waals surface area contributed by atoms with Crippen molar-refractivity contribution in [2.75, 3.05) is 53.7 Å². The quantitative estimate of drug-likeness (QED) is 0.115. The first-order valence-electron chi connectivity index (χ1n) is 21.4. The van der Waals surface area contributed by atoms with Crippen LogP contribution in [0.1, 0.15) is 73.0 Å². The second kappa shape index (κ2) is 15.9. The van der Waals surface area contributed by atoms with Gasteiger partial charge < -0.3 is 20.9 Å². The van der Waals surface area contributed by atoms with Crippen LogP contribution in [0.3, 0.4) is 0 Å². The Labute approximate surface area is 358 Å². The van der Waals surface area contributed by atoms with Gasteiger partial charge in [0.25, 0.3) is 5.91 Å². The Morgan fingerprint density at radius 1 is 0.934 bits per heavy atom. The predicted molar refractivity (Wildman–Crippen MR) is 233 cm³/mol. The average Bonchev–Trinajstić information content (AvgIpc) is 3.59. The number of fused-ring (bicyclic) bond motifs is 2. The summed E-state index contributed by atoms with van der Waals surface area (Å²) >= 11 is 6.48. The fourth-order valence-corrected chi connectivity index (χ4v) is 9.95. The molecule has 3 aliphatic heterocycles. The molecule has 0 radical (unpaired) electrons. The molecule has 16 heteroatoms. The van der Waals surface area contributed by atoms with Gasteiger partial charge in [-0.15, -0.1) is 5.10 Å². The van der Waals surface area contributed by atoms with Gasteiger partial charge in [0, 0.05) is 74.8 Å². The highest BCUT2D eigenvalue weighted by Crippen LogP contribution is 2.46. The summed E-state index contributed by atoms with van der Waals surface area (Å²) in [6.45, 7) is 4.05. The number of carbonyl (C=O) groups excluding carboxylic acids is 3. The number of nitrogens with zero attached hydrogens (tertiary/aromatic N) is 7. The minimum atomic E-state index is -1.00. The van der Waals surface area contributed by atoms with E-state index in [0.717, 1.165) is 73.8 Å². The normalized spacial score (nSPS) is 21.4. The molecule has 10 rings (SSSR count). The Kier molecular flexibility index (Phi) is 10.3. The number of nitrogens with one attached hydrogen (secondary N) is 4. The van der Waals surface area contributed by atoms with E-state index in [1.54, 1.807) is 4.52 Å². The van der Waals surface area contributed by atoms with E-state index in [4.69, 9.17) is 21.7 Å². The van der Waals surface area contributed by atoms with Gasteiger partial charge in [0.05, 0.1) is 34.3 Å². The molecule has 6 heterocycles. The van der Waals surface area contributed by atoms with Crippen LogP contribution < -0.4 is 31.1 Å². The summed E-state index contributed by atoms with van der Waals surface area (Å²) < 4.78 is 15.1. The molecular formula is C45H49ClFN11O3. The van der Waals surface area contributed by atoms with Gasteiger partial charge in [-0.1, -0.05) is 29.8 Å². The van der Waals surface area contributed by atoms with Crippen LogP contribution in [0.4, 0.5) is 37.8 Å². The fourth-order valence-electron chi connectivity index (χ4n) is 9.73. The Hall–Kier alpha value is -5.80. The topological polar surface area (TPSA) is 152 Å². The van der Waals surface area contributed by atoms with E-state index in [1.165, 1.54) is 47.9 Å². The van der Waals surface area contributed by atoms with Crippen molar-refractivity contribution >= 4 is 63.7 Å². The first-order chi connectivity index (χ1) is 29.6. The second-order valence-electron chi connectivity index (χ2n) is 17.2. The van der Waals surface area contributed by atoms with Crippen LogP contribution in [-0.4, -0.2) is 93.8 Å². The third-order valence-corrected chi connectivity index (χ3v) is 13.7. The van der Waals surface area contributed by atoms with Crippen molar-refractivity contribution in [3.8, 4) is 11.3 Å². The van der Waals surface area contributed by atoms with Crippen molar-refractivity contribution in [2.24, 2.45) is 5.41 Å². The number of imidazole rings is 1. The molecular weight excluding hydrogens is 797 g/mol. The number of likely N-dealkylation sites (tertiary alicyclic amines) is 1. The van der Waals surface area contributed by atoms with Gasteiger partial charge in [-0.25, -0.2) is 18.7 Å². The lowest BCUT2D eigenvalue weighted by Crippen LogP contribution is -2.49. The maximum absolute atomic E-state index is 13.6. The molecule has 1 spiro atoms. The van der Waals surface area contributed by atoms with E-state index in [1.807, 2.05) is 37.5 Å². The van der Waals surface area contributed by atoms with Crippen LogP contribution in [0.15, 0.2) is 67.0 Å². The predicted octanol–water partition coefficient (Wildman–Crippen LogP) is 7.10. The van der Waals surface area contributed by atoms with Gasteiger partial charge in [-0.05, 0) is 105 Å². The SMILES string of the molecule is CNc1cc(N2CCc3c(-c4ccc(CN5CCC6(CCC(Nc7ccc(Cl)c(N8CCC(=O)NC8=O)c7)CC6)CC5)cn4)cccc32)nn2c(C(=O)NC3C[C@@H]3F)cnc12. The number of halogens is 2. The molecule has 4 fully saturated rings. The van der Waals surface area contributed by atoms with Crippen LogP contribution in [0, 0.1) is 5.41 Å². The number of benzene rings is 2. The maximum atomic E-state index is 13.6. The molecule has 2 aromatic carbocycles. The number of piperidine rings is 1. The zero-order valence-electron chi connectivity index (χ0n) is 34.1. The Balaban J connectivity index is 0.751. The Bertz CT molecular complexity index is 2510. The number of amides is 4. The van der Waals surface area contributed by atoms with Crippen molar-refractivity contribution < 1.29 is 18.8 Å². The zero-order valence-corrected chi connectivity index (χ0v) is 34.8. The van der Waals surface area contributed by atoms with E-state index in [9.17, 15) is 18.8 Å². The molecule has 4 N–H and O–H groups in total. The molecule has 316 valence electrons. The lowest BCUT2D eigenvalue weighted by atomic mass is 9.67. The van der Waals surface area contributed by atoms with Gasteiger partial charge in [0.15, 0.2) is 17.2 Å². The van der Waals surface area contributed by atoms with Gasteiger partial charge in [-0.2, -0.15) is 0 Å². The van der Waals surface area contributed by atoms with E-state index in [0.29, 0.717) is 46.6 Å². The molecule has 2 saturated heterocycles. The number of imide groups is 1. The summed E-state index contributed by atoms with van der Waals surface area (Å²) in [6, 6.07) is 17.8. The van der Waals surface area contributed by atoms with Gasteiger partial charge in [0.1, 0.15) is 6.17 Å². The largest absolute Gasteiger partial charge is 0.385 e. The monoisotopic (exact) mass is 845 g/mol. The molecule has 5 aromatic rings.